The second kappa shape index (κ2) is 10.5. The van der Waals surface area contributed by atoms with Crippen LogP contribution in [0, 0.1) is 24.4 Å². The average Bonchev–Trinajstić information content (AvgIpc) is 2.76. The van der Waals surface area contributed by atoms with E-state index in [1.165, 1.54) is 17.0 Å². The lowest BCUT2D eigenvalue weighted by atomic mass is 10.0. The number of anilines is 2. The number of aryl methyl sites for hydroxylation is 1. The molecule has 1 heterocycles. The molecule has 3 N–H and O–H groups in total. The second-order valence-electron chi connectivity index (χ2n) is 7.47. The number of benzene rings is 2. The fourth-order valence-electron chi connectivity index (χ4n) is 3.40. The first kappa shape index (κ1) is 23.6. The van der Waals surface area contributed by atoms with E-state index in [1.54, 1.807) is 13.0 Å². The summed E-state index contributed by atoms with van der Waals surface area (Å²) in [6, 6.07) is 5.22. The molecule has 7 nitrogen and oxygen atoms in total. The fourth-order valence-corrected chi connectivity index (χ4v) is 3.40. The monoisotopic (exact) mass is 451 g/mol. The van der Waals surface area contributed by atoms with Gasteiger partial charge in [-0.15, -0.1) is 0 Å². The van der Waals surface area contributed by atoms with Gasteiger partial charge in [-0.25, -0.2) is 18.7 Å². The van der Waals surface area contributed by atoms with E-state index in [1.807, 2.05) is 5.48 Å². The van der Waals surface area contributed by atoms with Crippen molar-refractivity contribution >= 4 is 23.2 Å². The molecule has 2 aromatic rings. The Labute approximate surface area is 183 Å². The van der Waals surface area contributed by atoms with E-state index < -0.39 is 29.0 Å². The zero-order valence-corrected chi connectivity index (χ0v) is 17.5. The van der Waals surface area contributed by atoms with E-state index in [9.17, 15) is 18.4 Å². The smallest absolute Gasteiger partial charge is 0.277 e. The predicted molar refractivity (Wildman–Crippen MR) is 111 cm³/mol. The van der Waals surface area contributed by atoms with Gasteiger partial charge in [0.25, 0.3) is 5.91 Å². The lowest BCUT2D eigenvalue weighted by Crippen LogP contribution is -2.35. The topological polar surface area (TPSA) is 90.9 Å². The van der Waals surface area contributed by atoms with Crippen LogP contribution in [0.2, 0.25) is 0 Å². The molecule has 32 heavy (non-hydrogen) atoms. The van der Waals surface area contributed by atoms with Crippen molar-refractivity contribution in [2.24, 2.45) is 0 Å². The largest absolute Gasteiger partial charge is 0.394 e. The molecule has 172 valence electrons. The molecular weight excluding hydrogens is 427 g/mol. The number of amides is 2. The quantitative estimate of drug-likeness (QED) is 0.423. The van der Waals surface area contributed by atoms with Gasteiger partial charge in [-0.1, -0.05) is 6.07 Å². The number of rotatable bonds is 8. The molecule has 0 aromatic heterocycles. The highest BCUT2D eigenvalue weighted by atomic mass is 19.2. The lowest BCUT2D eigenvalue weighted by molar-refractivity contribution is -0.133. The number of halogens is 3. The second-order valence-corrected chi connectivity index (χ2v) is 7.47. The van der Waals surface area contributed by atoms with Crippen LogP contribution >= 0.6 is 0 Å². The first-order valence-electron chi connectivity index (χ1n) is 10.2. The third-order valence-electron chi connectivity index (χ3n) is 5.05. The van der Waals surface area contributed by atoms with Crippen LogP contribution in [0.1, 0.15) is 40.7 Å². The van der Waals surface area contributed by atoms with Crippen molar-refractivity contribution in [1.82, 2.24) is 10.4 Å². The van der Waals surface area contributed by atoms with E-state index in [4.69, 9.17) is 9.94 Å². The molecule has 0 unspecified atom stereocenters. The number of carbonyl (C=O) groups is 2. The van der Waals surface area contributed by atoms with Crippen molar-refractivity contribution < 1.29 is 32.7 Å². The normalized spacial score (nSPS) is 13.9. The third-order valence-corrected chi connectivity index (χ3v) is 5.05. The highest BCUT2D eigenvalue weighted by Crippen LogP contribution is 2.31. The molecular formula is C22H24F3N3O4. The number of aliphatic hydroxyl groups is 1. The van der Waals surface area contributed by atoms with Crippen LogP contribution in [0.3, 0.4) is 0 Å². The van der Waals surface area contributed by atoms with Crippen molar-refractivity contribution in [2.75, 3.05) is 25.1 Å². The number of nitrogens with one attached hydrogen (secondary N) is 2. The Hall–Kier alpha value is -3.11. The molecule has 1 fully saturated rings. The molecule has 0 aliphatic carbocycles. The molecule has 2 aromatic carbocycles. The summed E-state index contributed by atoms with van der Waals surface area (Å²) in [5.74, 6) is -4.46. The number of hydrogen-bond acceptors (Lipinski definition) is 5. The average molecular weight is 451 g/mol. The van der Waals surface area contributed by atoms with Crippen LogP contribution in [0.5, 0.6) is 0 Å². The SMILES string of the molecule is Cc1ccc(Nc2c(C(=O)NOCCO)cc(CN3CCCCC3=O)c(F)c2F)c(F)c1. The number of hydrogen-bond donors (Lipinski definition) is 3. The van der Waals surface area contributed by atoms with Crippen LogP contribution in [0.4, 0.5) is 24.5 Å². The van der Waals surface area contributed by atoms with E-state index >= 15 is 4.39 Å². The predicted octanol–water partition coefficient (Wildman–Crippen LogP) is 3.32. The van der Waals surface area contributed by atoms with Crippen molar-refractivity contribution in [2.45, 2.75) is 32.7 Å². The van der Waals surface area contributed by atoms with Crippen molar-refractivity contribution in [3.8, 4) is 0 Å². The Kier molecular flexibility index (Phi) is 7.70. The summed E-state index contributed by atoms with van der Waals surface area (Å²) < 4.78 is 44.3. The minimum absolute atomic E-state index is 0.154. The van der Waals surface area contributed by atoms with Crippen LogP contribution in [0.15, 0.2) is 24.3 Å². The Morgan fingerprint density at radius 2 is 1.97 bits per heavy atom. The first-order valence-corrected chi connectivity index (χ1v) is 10.2. The number of piperidine rings is 1. The summed E-state index contributed by atoms with van der Waals surface area (Å²) >= 11 is 0. The summed E-state index contributed by atoms with van der Waals surface area (Å²) in [5.41, 5.74) is 1.38. The van der Waals surface area contributed by atoms with Gasteiger partial charge >= 0.3 is 0 Å². The molecule has 2 amide bonds. The lowest BCUT2D eigenvalue weighted by Gasteiger charge is -2.27. The number of nitrogens with zero attached hydrogens (tertiary/aromatic N) is 1. The van der Waals surface area contributed by atoms with Crippen LogP contribution in [-0.2, 0) is 16.2 Å². The minimum Gasteiger partial charge on any atom is -0.394 e. The van der Waals surface area contributed by atoms with E-state index in [-0.39, 0.29) is 42.5 Å². The molecule has 1 aliphatic heterocycles. The molecule has 0 atom stereocenters. The van der Waals surface area contributed by atoms with Gasteiger partial charge in [-0.3, -0.25) is 14.4 Å². The molecule has 3 rings (SSSR count). The Balaban J connectivity index is 2.00. The summed E-state index contributed by atoms with van der Waals surface area (Å²) in [6.07, 6.45) is 1.79. The maximum absolute atomic E-state index is 15.1. The highest BCUT2D eigenvalue weighted by molar-refractivity contribution is 6.00. The summed E-state index contributed by atoms with van der Waals surface area (Å²) in [4.78, 5) is 30.9. The fraction of sp³-hybridized carbons (Fsp3) is 0.364. The number of aliphatic hydroxyl groups excluding tert-OH is 1. The van der Waals surface area contributed by atoms with Gasteiger partial charge in [0.15, 0.2) is 11.6 Å². The maximum atomic E-state index is 15.1. The number of hydroxylamine groups is 1. The molecule has 1 aliphatic rings. The van der Waals surface area contributed by atoms with Gasteiger partial charge in [0.05, 0.1) is 30.2 Å². The van der Waals surface area contributed by atoms with Crippen molar-refractivity contribution in [1.29, 1.82) is 0 Å². The number of carbonyl (C=O) groups excluding carboxylic acids is 2. The van der Waals surface area contributed by atoms with Gasteiger partial charge in [-0.2, -0.15) is 0 Å². The summed E-state index contributed by atoms with van der Waals surface area (Å²) in [5, 5.41) is 11.3. The minimum atomic E-state index is -1.39. The molecule has 0 radical (unpaired) electrons. The van der Waals surface area contributed by atoms with Crippen LogP contribution in [-0.4, -0.2) is 41.6 Å². The Bertz CT molecular complexity index is 1020. The van der Waals surface area contributed by atoms with E-state index in [0.717, 1.165) is 18.9 Å². The standard InChI is InChI=1S/C22H24F3N3O4/c1-13-5-6-17(16(23)10-13)26-21-15(22(31)27-32-9-8-29)11-14(19(24)20(21)25)12-28-7-3-2-4-18(28)30/h5-6,10-11,26,29H,2-4,7-9,12H2,1H3,(H,27,31). The van der Waals surface area contributed by atoms with E-state index in [0.29, 0.717) is 18.5 Å². The van der Waals surface area contributed by atoms with Gasteiger partial charge in [0.1, 0.15) is 5.82 Å². The van der Waals surface area contributed by atoms with Gasteiger partial charge < -0.3 is 15.3 Å². The Morgan fingerprint density at radius 3 is 2.66 bits per heavy atom. The summed E-state index contributed by atoms with van der Waals surface area (Å²) in [6.45, 7) is 1.26. The van der Waals surface area contributed by atoms with Crippen LogP contribution in [0.25, 0.3) is 0 Å². The maximum Gasteiger partial charge on any atom is 0.277 e. The molecule has 0 saturated carbocycles. The molecule has 1 saturated heterocycles. The molecule has 10 heteroatoms. The van der Waals surface area contributed by atoms with Crippen molar-refractivity contribution in [3.63, 3.8) is 0 Å². The van der Waals surface area contributed by atoms with E-state index in [2.05, 4.69) is 5.32 Å². The van der Waals surface area contributed by atoms with Gasteiger partial charge in [-0.05, 0) is 43.5 Å². The third kappa shape index (κ3) is 5.38. The molecule has 0 spiro atoms. The summed E-state index contributed by atoms with van der Waals surface area (Å²) in [7, 11) is 0. The highest BCUT2D eigenvalue weighted by Gasteiger charge is 2.26. The first-order chi connectivity index (χ1) is 15.3. The number of likely N-dealkylation sites (tertiary alicyclic amines) is 1. The zero-order valence-electron chi connectivity index (χ0n) is 17.5. The van der Waals surface area contributed by atoms with Crippen LogP contribution < -0.4 is 10.8 Å². The van der Waals surface area contributed by atoms with Gasteiger partial charge in [0.2, 0.25) is 5.91 Å². The molecule has 0 bridgehead atoms. The van der Waals surface area contributed by atoms with Crippen molar-refractivity contribution in [3.05, 3.63) is 58.4 Å². The zero-order chi connectivity index (χ0) is 23.3. The van der Waals surface area contributed by atoms with Gasteiger partial charge in [0, 0.05) is 25.1 Å². The Morgan fingerprint density at radius 1 is 1.19 bits per heavy atom.